The highest BCUT2D eigenvalue weighted by atomic mass is 35.5. The van der Waals surface area contributed by atoms with Crippen LogP contribution in [0.3, 0.4) is 0 Å². The van der Waals surface area contributed by atoms with Crippen molar-refractivity contribution in [3.8, 4) is 0 Å². The summed E-state index contributed by atoms with van der Waals surface area (Å²) in [6.07, 6.45) is 0. The van der Waals surface area contributed by atoms with Crippen LogP contribution < -0.4 is 10.2 Å². The largest absolute Gasteiger partial charge is 0.353 e. The fourth-order valence-electron chi connectivity index (χ4n) is 2.80. The molecule has 1 aliphatic rings. The summed E-state index contributed by atoms with van der Waals surface area (Å²) in [6, 6.07) is 11.0. The van der Waals surface area contributed by atoms with E-state index in [9.17, 15) is 0 Å². The summed E-state index contributed by atoms with van der Waals surface area (Å²) in [5.74, 6) is 1.04. The molecule has 1 saturated heterocycles. The first-order valence-electron chi connectivity index (χ1n) is 6.70. The third kappa shape index (κ3) is 2.53. The van der Waals surface area contributed by atoms with E-state index in [1.54, 1.807) is 0 Å². The lowest BCUT2D eigenvalue weighted by Gasteiger charge is -2.37. The number of anilines is 1. The van der Waals surface area contributed by atoms with E-state index in [-0.39, 0.29) is 0 Å². The van der Waals surface area contributed by atoms with Crippen LogP contribution >= 0.6 is 11.6 Å². The predicted molar refractivity (Wildman–Crippen MR) is 81.0 cm³/mol. The Kier molecular flexibility index (Phi) is 3.33. The topological polar surface area (TPSA) is 28.2 Å². The molecular formula is C15H18ClN3. The van der Waals surface area contributed by atoms with Crippen LogP contribution in [-0.4, -0.2) is 30.2 Å². The van der Waals surface area contributed by atoms with Gasteiger partial charge in [0, 0.05) is 35.6 Å². The molecular weight excluding hydrogens is 258 g/mol. The summed E-state index contributed by atoms with van der Waals surface area (Å²) in [5.41, 5.74) is 0.962. The average Bonchev–Trinajstić information content (AvgIpc) is 2.37. The van der Waals surface area contributed by atoms with E-state index < -0.39 is 0 Å². The Labute approximate surface area is 118 Å². The highest BCUT2D eigenvalue weighted by molar-refractivity contribution is 6.35. The fourth-order valence-corrected chi connectivity index (χ4v) is 3.03. The third-order valence-electron chi connectivity index (χ3n) is 3.55. The zero-order chi connectivity index (χ0) is 13.4. The first kappa shape index (κ1) is 12.7. The number of nitrogens with zero attached hydrogens (tertiary/aromatic N) is 2. The summed E-state index contributed by atoms with van der Waals surface area (Å²) in [6.45, 7) is 6.40. The van der Waals surface area contributed by atoms with Crippen molar-refractivity contribution in [3.05, 3.63) is 35.4 Å². The summed E-state index contributed by atoms with van der Waals surface area (Å²) in [4.78, 5) is 7.08. The van der Waals surface area contributed by atoms with Crippen LogP contribution in [0.5, 0.6) is 0 Å². The molecule has 19 heavy (non-hydrogen) atoms. The van der Waals surface area contributed by atoms with Gasteiger partial charge in [-0.15, -0.1) is 0 Å². The second-order valence-electron chi connectivity index (χ2n) is 5.35. The molecule has 0 radical (unpaired) electrons. The number of fused-ring (bicyclic) bond motifs is 1. The smallest absolute Gasteiger partial charge is 0.129 e. The molecule has 0 saturated carbocycles. The minimum Gasteiger partial charge on any atom is -0.353 e. The number of benzene rings is 1. The Morgan fingerprint density at radius 1 is 1.16 bits per heavy atom. The maximum absolute atomic E-state index is 6.18. The van der Waals surface area contributed by atoms with E-state index in [2.05, 4.69) is 36.2 Å². The summed E-state index contributed by atoms with van der Waals surface area (Å²) < 4.78 is 0. The van der Waals surface area contributed by atoms with Crippen molar-refractivity contribution in [2.24, 2.45) is 0 Å². The summed E-state index contributed by atoms with van der Waals surface area (Å²) in [7, 11) is 0. The first-order valence-corrected chi connectivity index (χ1v) is 7.07. The molecule has 100 valence electrons. The zero-order valence-electron chi connectivity index (χ0n) is 11.2. The second-order valence-corrected chi connectivity index (χ2v) is 5.76. The van der Waals surface area contributed by atoms with Crippen LogP contribution in [0, 0.1) is 0 Å². The fraction of sp³-hybridized carbons (Fsp3) is 0.400. The van der Waals surface area contributed by atoms with Gasteiger partial charge < -0.3 is 10.2 Å². The number of hydrogen-bond acceptors (Lipinski definition) is 3. The van der Waals surface area contributed by atoms with Crippen LogP contribution in [-0.2, 0) is 0 Å². The van der Waals surface area contributed by atoms with Crippen molar-refractivity contribution in [3.63, 3.8) is 0 Å². The number of rotatable bonds is 1. The van der Waals surface area contributed by atoms with Crippen molar-refractivity contribution in [2.75, 3.05) is 18.0 Å². The number of aromatic nitrogens is 1. The second kappa shape index (κ2) is 4.99. The molecule has 3 rings (SSSR count). The highest BCUT2D eigenvalue weighted by Gasteiger charge is 2.21. The number of pyridine rings is 1. The molecule has 0 spiro atoms. The Bertz CT molecular complexity index is 589. The van der Waals surface area contributed by atoms with E-state index >= 15 is 0 Å². The molecule has 2 unspecified atom stereocenters. The molecule has 0 amide bonds. The van der Waals surface area contributed by atoms with Gasteiger partial charge in [0.15, 0.2) is 0 Å². The number of nitrogens with one attached hydrogen (secondary N) is 1. The first-order chi connectivity index (χ1) is 9.13. The van der Waals surface area contributed by atoms with Crippen molar-refractivity contribution in [1.82, 2.24) is 10.3 Å². The molecule has 1 aromatic heterocycles. The number of halogens is 1. The molecule has 1 aromatic carbocycles. The molecule has 1 aliphatic heterocycles. The Hall–Kier alpha value is -1.32. The lowest BCUT2D eigenvalue weighted by Crippen LogP contribution is -2.54. The summed E-state index contributed by atoms with van der Waals surface area (Å²) >= 11 is 6.18. The zero-order valence-corrected chi connectivity index (χ0v) is 12.0. The minimum absolute atomic E-state index is 0.487. The van der Waals surface area contributed by atoms with Crippen LogP contribution in [0.2, 0.25) is 5.02 Å². The normalized spacial score (nSPS) is 23.8. The Balaban J connectivity index is 1.97. The van der Waals surface area contributed by atoms with Gasteiger partial charge in [0.1, 0.15) is 5.82 Å². The van der Waals surface area contributed by atoms with Crippen molar-refractivity contribution in [2.45, 2.75) is 25.9 Å². The number of piperazine rings is 1. The molecule has 4 heteroatoms. The van der Waals surface area contributed by atoms with E-state index in [0.717, 1.165) is 34.8 Å². The van der Waals surface area contributed by atoms with E-state index in [0.29, 0.717) is 12.1 Å². The van der Waals surface area contributed by atoms with Gasteiger partial charge in [0.05, 0.1) is 5.52 Å². The molecule has 2 heterocycles. The van der Waals surface area contributed by atoms with Crippen LogP contribution in [0.25, 0.3) is 10.9 Å². The molecule has 1 fully saturated rings. The van der Waals surface area contributed by atoms with Crippen LogP contribution in [0.1, 0.15) is 13.8 Å². The lowest BCUT2D eigenvalue weighted by atomic mass is 10.1. The maximum Gasteiger partial charge on any atom is 0.129 e. The Morgan fingerprint density at radius 3 is 2.63 bits per heavy atom. The van der Waals surface area contributed by atoms with E-state index in [1.807, 2.05) is 18.2 Å². The van der Waals surface area contributed by atoms with Gasteiger partial charge in [0.25, 0.3) is 0 Å². The van der Waals surface area contributed by atoms with Gasteiger partial charge in [-0.05, 0) is 38.1 Å². The number of hydrogen-bond donors (Lipinski definition) is 1. The van der Waals surface area contributed by atoms with Crippen molar-refractivity contribution < 1.29 is 0 Å². The van der Waals surface area contributed by atoms with Gasteiger partial charge in [-0.1, -0.05) is 17.7 Å². The molecule has 0 bridgehead atoms. The van der Waals surface area contributed by atoms with Gasteiger partial charge >= 0.3 is 0 Å². The van der Waals surface area contributed by atoms with Crippen molar-refractivity contribution >= 4 is 28.3 Å². The molecule has 3 nitrogen and oxygen atoms in total. The molecule has 0 aliphatic carbocycles. The molecule has 1 N–H and O–H groups in total. The lowest BCUT2D eigenvalue weighted by molar-refractivity contribution is 0.405. The highest BCUT2D eigenvalue weighted by Crippen LogP contribution is 2.25. The van der Waals surface area contributed by atoms with Crippen LogP contribution in [0.15, 0.2) is 30.3 Å². The van der Waals surface area contributed by atoms with Gasteiger partial charge in [-0.3, -0.25) is 0 Å². The molecule has 2 aromatic rings. The SMILES string of the molecule is CC1CN(c2ccc3c(Cl)cccc3n2)CC(C)N1. The predicted octanol–water partition coefficient (Wildman–Crippen LogP) is 3.07. The quantitative estimate of drug-likeness (QED) is 0.867. The Morgan fingerprint density at radius 2 is 1.89 bits per heavy atom. The monoisotopic (exact) mass is 275 g/mol. The van der Waals surface area contributed by atoms with E-state index in [4.69, 9.17) is 16.6 Å². The van der Waals surface area contributed by atoms with Crippen LogP contribution in [0.4, 0.5) is 5.82 Å². The maximum atomic E-state index is 6.18. The van der Waals surface area contributed by atoms with Gasteiger partial charge in [-0.25, -0.2) is 4.98 Å². The average molecular weight is 276 g/mol. The summed E-state index contributed by atoms with van der Waals surface area (Å²) in [5, 5.41) is 5.31. The molecule has 2 atom stereocenters. The van der Waals surface area contributed by atoms with Crippen molar-refractivity contribution in [1.29, 1.82) is 0 Å². The standard InChI is InChI=1S/C15H18ClN3/c1-10-8-19(9-11(2)17-10)15-7-6-12-13(16)4-3-5-14(12)18-15/h3-7,10-11,17H,8-9H2,1-2H3. The van der Waals surface area contributed by atoms with E-state index in [1.165, 1.54) is 0 Å². The van der Waals surface area contributed by atoms with Gasteiger partial charge in [0.2, 0.25) is 0 Å². The minimum atomic E-state index is 0.487. The van der Waals surface area contributed by atoms with Gasteiger partial charge in [-0.2, -0.15) is 0 Å². The third-order valence-corrected chi connectivity index (χ3v) is 3.88.